The zero-order valence-corrected chi connectivity index (χ0v) is 32.0. The second-order valence-corrected chi connectivity index (χ2v) is 15.2. The van der Waals surface area contributed by atoms with E-state index in [0.717, 1.165) is 33.4 Å². The standard InChI is InChI=1S/C42H42F3N7O6/c1-23-27(5-3-6-28(23)35-17-32-36(57-35)25(18-46)20-52(38(32)47)16-15-50-13-11-24(19-50)41(54)55)29-7-4-8-31-30(29)9-10-34(31)58-40-37(42(43,44)45)48-33(39(49-40)56-2)22-51-14-12-26(53)21-51/h3-8,17,20,24,26,34,47,53H,9-16,19,21-22H2,1-2H3,(H,54,55)/t24-,26-,34+/m1/s1. The molecule has 302 valence electrons. The van der Waals surface area contributed by atoms with Gasteiger partial charge in [0.25, 0.3) is 0 Å². The van der Waals surface area contributed by atoms with Crippen LogP contribution < -0.4 is 15.0 Å². The Bertz CT molecular complexity index is 2510. The number of aliphatic hydroxyl groups excluding tert-OH is 1. The van der Waals surface area contributed by atoms with Gasteiger partial charge in [-0.15, -0.1) is 0 Å². The highest BCUT2D eigenvalue weighted by atomic mass is 19.4. The second kappa shape index (κ2) is 15.5. The summed E-state index contributed by atoms with van der Waals surface area (Å²) in [5.41, 5.74) is 4.62. The fourth-order valence-corrected chi connectivity index (χ4v) is 8.54. The fourth-order valence-electron chi connectivity index (χ4n) is 8.54. The number of carbonyl (C=O) groups is 1. The number of benzene rings is 2. The van der Waals surface area contributed by atoms with Crippen LogP contribution in [0.2, 0.25) is 0 Å². The number of alkyl halides is 3. The smallest absolute Gasteiger partial charge is 0.438 e. The number of β-amino-alcohol motifs (C(OH)–C–C–N with tert-alkyl or cyclic N) is 1. The molecule has 1 aliphatic carbocycles. The molecule has 58 heavy (non-hydrogen) atoms. The van der Waals surface area contributed by atoms with Crippen LogP contribution in [0.3, 0.4) is 0 Å². The Morgan fingerprint density at radius 1 is 1.03 bits per heavy atom. The van der Waals surface area contributed by atoms with E-state index in [-0.39, 0.29) is 29.2 Å². The first-order valence-electron chi connectivity index (χ1n) is 19.2. The summed E-state index contributed by atoms with van der Waals surface area (Å²) in [5, 5.41) is 38.8. The van der Waals surface area contributed by atoms with E-state index >= 15 is 0 Å². The van der Waals surface area contributed by atoms with Crippen molar-refractivity contribution in [3.05, 3.63) is 87.8 Å². The Kier molecular flexibility index (Phi) is 10.5. The lowest BCUT2D eigenvalue weighted by Gasteiger charge is -2.21. The number of nitrogens with zero attached hydrogens (tertiary/aromatic N) is 6. The molecule has 3 aliphatic rings. The Balaban J connectivity index is 1.08. The predicted octanol–water partition coefficient (Wildman–Crippen LogP) is 6.08. The van der Waals surface area contributed by atoms with Crippen LogP contribution >= 0.6 is 0 Å². The van der Waals surface area contributed by atoms with Gasteiger partial charge in [-0.3, -0.25) is 15.1 Å². The highest BCUT2D eigenvalue weighted by Crippen LogP contribution is 2.45. The molecular weight excluding hydrogens is 755 g/mol. The Labute approximate surface area is 331 Å². The molecule has 2 fully saturated rings. The van der Waals surface area contributed by atoms with E-state index in [9.17, 15) is 33.4 Å². The van der Waals surface area contributed by atoms with Crippen LogP contribution in [0.4, 0.5) is 13.2 Å². The molecule has 0 saturated carbocycles. The summed E-state index contributed by atoms with van der Waals surface area (Å²) in [5.74, 6) is -1.46. The lowest BCUT2D eigenvalue weighted by molar-refractivity contribution is -0.144. The minimum absolute atomic E-state index is 0.0157. The number of carboxylic acid groups (broad SMARTS) is 1. The van der Waals surface area contributed by atoms with Crippen LogP contribution in [-0.2, 0) is 30.5 Å². The van der Waals surface area contributed by atoms with Gasteiger partial charge in [-0.1, -0.05) is 36.4 Å². The molecule has 3 N–H and O–H groups in total. The third-order valence-electron chi connectivity index (χ3n) is 11.5. The molecular formula is C42H42F3N7O6. The zero-order valence-electron chi connectivity index (χ0n) is 32.0. The van der Waals surface area contributed by atoms with Gasteiger partial charge in [0.2, 0.25) is 17.5 Å². The maximum atomic E-state index is 14.5. The number of furan rings is 1. The number of methoxy groups -OCH3 is 1. The summed E-state index contributed by atoms with van der Waals surface area (Å²) in [6, 6.07) is 15.4. The molecule has 5 aromatic rings. The van der Waals surface area contributed by atoms with Crippen LogP contribution in [0.15, 0.2) is 53.1 Å². The van der Waals surface area contributed by atoms with Crippen LogP contribution in [0.25, 0.3) is 33.4 Å². The van der Waals surface area contributed by atoms with Crippen molar-refractivity contribution < 1.29 is 42.1 Å². The minimum atomic E-state index is -4.85. The monoisotopic (exact) mass is 797 g/mol. The van der Waals surface area contributed by atoms with Crippen molar-refractivity contribution in [1.29, 1.82) is 10.7 Å². The number of aliphatic carboxylic acids is 1. The molecule has 2 aromatic carbocycles. The Morgan fingerprint density at radius 3 is 2.50 bits per heavy atom. The molecule has 8 rings (SSSR count). The molecule has 5 heterocycles. The van der Waals surface area contributed by atoms with Gasteiger partial charge in [0.1, 0.15) is 34.7 Å². The largest absolute Gasteiger partial charge is 0.481 e. The van der Waals surface area contributed by atoms with Crippen LogP contribution in [-0.4, -0.2) is 86.5 Å². The molecule has 3 aromatic heterocycles. The number of rotatable bonds is 11. The average Bonchev–Trinajstić information content (AvgIpc) is 4.02. The maximum Gasteiger partial charge on any atom is 0.438 e. The van der Waals surface area contributed by atoms with Gasteiger partial charge in [0, 0.05) is 51.0 Å². The SMILES string of the molecule is COc1nc(O[C@H]2CCc3c(-c4cccc(-c5cc6c(=N)n(CCN7CC[C@@H](C(=O)O)C7)cc(C#N)c6o5)c4C)cccc32)c(C(F)(F)F)nc1CN1CC[C@@H](O)C1. The molecule has 0 unspecified atom stereocenters. The van der Waals surface area contributed by atoms with Crippen molar-refractivity contribution in [2.45, 2.75) is 64.1 Å². The van der Waals surface area contributed by atoms with E-state index in [1.165, 1.54) is 7.11 Å². The van der Waals surface area contributed by atoms with Gasteiger partial charge < -0.3 is 33.6 Å². The van der Waals surface area contributed by atoms with Gasteiger partial charge in [0.05, 0.1) is 24.5 Å². The maximum absolute atomic E-state index is 14.5. The lowest BCUT2D eigenvalue weighted by atomic mass is 9.91. The number of nitrogens with one attached hydrogen (secondary N) is 1. The highest BCUT2D eigenvalue weighted by molar-refractivity contribution is 5.88. The number of ether oxygens (including phenoxy) is 2. The number of hydrogen-bond donors (Lipinski definition) is 3. The number of fused-ring (bicyclic) bond motifs is 2. The summed E-state index contributed by atoms with van der Waals surface area (Å²) < 4.78 is 62.9. The predicted molar refractivity (Wildman–Crippen MR) is 204 cm³/mol. The average molecular weight is 798 g/mol. The summed E-state index contributed by atoms with van der Waals surface area (Å²) in [7, 11) is 1.32. The number of nitriles is 1. The van der Waals surface area contributed by atoms with Crippen LogP contribution in [0.1, 0.15) is 59.0 Å². The summed E-state index contributed by atoms with van der Waals surface area (Å²) >= 11 is 0. The minimum Gasteiger partial charge on any atom is -0.481 e. The molecule has 2 aliphatic heterocycles. The van der Waals surface area contributed by atoms with E-state index in [1.54, 1.807) is 16.8 Å². The van der Waals surface area contributed by atoms with Gasteiger partial charge in [0.15, 0.2) is 5.58 Å². The molecule has 0 bridgehead atoms. The second-order valence-electron chi connectivity index (χ2n) is 15.2. The summed E-state index contributed by atoms with van der Waals surface area (Å²) in [4.78, 5) is 23.4. The van der Waals surface area contributed by atoms with E-state index in [4.69, 9.17) is 19.3 Å². The first-order valence-corrected chi connectivity index (χ1v) is 19.2. The molecule has 16 heteroatoms. The highest BCUT2D eigenvalue weighted by Gasteiger charge is 2.41. The molecule has 13 nitrogen and oxygen atoms in total. The summed E-state index contributed by atoms with van der Waals surface area (Å²) in [6.45, 7) is 4.88. The normalized spacial score (nSPS) is 19.8. The molecule has 0 radical (unpaired) electrons. The first kappa shape index (κ1) is 39.1. The van der Waals surface area contributed by atoms with Crippen LogP contribution in [0.5, 0.6) is 11.8 Å². The number of halogens is 3. The van der Waals surface area contributed by atoms with Gasteiger partial charge in [-0.05, 0) is 73.0 Å². The van der Waals surface area contributed by atoms with Crippen molar-refractivity contribution in [3.8, 4) is 40.3 Å². The summed E-state index contributed by atoms with van der Waals surface area (Å²) in [6.07, 6.45) is -2.48. The number of aliphatic hydroxyl groups is 1. The Hall–Kier alpha value is -5.76. The number of likely N-dealkylation sites (tertiary alicyclic amines) is 2. The number of aromatic nitrogens is 3. The molecule has 3 atom stereocenters. The fraction of sp³-hybridized carbons (Fsp3) is 0.405. The molecule has 0 amide bonds. The van der Waals surface area contributed by atoms with Crippen molar-refractivity contribution in [2.75, 3.05) is 39.8 Å². The van der Waals surface area contributed by atoms with Crippen molar-refractivity contribution in [1.82, 2.24) is 24.3 Å². The zero-order chi connectivity index (χ0) is 40.9. The van der Waals surface area contributed by atoms with Crippen molar-refractivity contribution in [2.24, 2.45) is 5.92 Å². The number of pyridine rings is 1. The third kappa shape index (κ3) is 7.41. The topological polar surface area (TPSA) is 174 Å². The number of hydrogen-bond acceptors (Lipinski definition) is 11. The first-order chi connectivity index (χ1) is 27.8. The van der Waals surface area contributed by atoms with Gasteiger partial charge >= 0.3 is 12.1 Å². The van der Waals surface area contributed by atoms with E-state index in [2.05, 4.69) is 20.9 Å². The van der Waals surface area contributed by atoms with Crippen molar-refractivity contribution >= 4 is 16.9 Å². The molecule has 0 spiro atoms. The Morgan fingerprint density at radius 2 is 1.79 bits per heavy atom. The van der Waals surface area contributed by atoms with E-state index in [1.807, 2.05) is 48.2 Å². The van der Waals surface area contributed by atoms with Crippen molar-refractivity contribution in [3.63, 3.8) is 0 Å². The van der Waals surface area contributed by atoms with Gasteiger partial charge in [-0.2, -0.15) is 23.4 Å². The lowest BCUT2D eigenvalue weighted by Crippen LogP contribution is -2.30. The van der Waals surface area contributed by atoms with Crippen LogP contribution in [0, 0.1) is 29.6 Å². The van der Waals surface area contributed by atoms with Gasteiger partial charge in [-0.25, -0.2) is 4.98 Å². The third-order valence-corrected chi connectivity index (χ3v) is 11.5. The molecule has 2 saturated heterocycles. The number of carboxylic acids is 1. The quantitative estimate of drug-likeness (QED) is 0.141. The van der Waals surface area contributed by atoms with E-state index < -0.39 is 41.8 Å². The van der Waals surface area contributed by atoms with E-state index in [0.29, 0.717) is 81.7 Å².